The Morgan fingerprint density at radius 2 is 2.50 bits per heavy atom. The van der Waals surface area contributed by atoms with E-state index in [0.29, 0.717) is 12.3 Å². The molecule has 2 rings (SSSR count). The standard InChI is InChI=1S/C11H16N2O2S/c1-11(2)7-8(3-5-15-11)12-10(14)9-4-6-16-13-9/h4,6,8H,3,5,7H2,1-2H3,(H,12,14). The highest BCUT2D eigenvalue weighted by Crippen LogP contribution is 2.24. The first-order valence-corrected chi connectivity index (χ1v) is 6.26. The quantitative estimate of drug-likeness (QED) is 0.858. The molecule has 1 fully saturated rings. The summed E-state index contributed by atoms with van der Waals surface area (Å²) < 4.78 is 9.62. The number of rotatable bonds is 2. The minimum atomic E-state index is -0.141. The number of nitrogens with one attached hydrogen (secondary N) is 1. The lowest BCUT2D eigenvalue weighted by Gasteiger charge is -2.35. The monoisotopic (exact) mass is 240 g/mol. The molecule has 0 radical (unpaired) electrons. The van der Waals surface area contributed by atoms with Crippen LogP contribution in [0, 0.1) is 0 Å². The first-order chi connectivity index (χ1) is 7.57. The molecule has 1 amide bonds. The molecule has 0 spiro atoms. The highest BCUT2D eigenvalue weighted by molar-refractivity contribution is 7.03. The van der Waals surface area contributed by atoms with E-state index in [1.807, 2.05) is 19.2 Å². The van der Waals surface area contributed by atoms with Gasteiger partial charge in [0, 0.05) is 18.0 Å². The van der Waals surface area contributed by atoms with Gasteiger partial charge in [-0.15, -0.1) is 0 Å². The Balaban J connectivity index is 1.92. The van der Waals surface area contributed by atoms with Gasteiger partial charge in [-0.2, -0.15) is 4.37 Å². The second kappa shape index (κ2) is 4.51. The normalized spacial score (nSPS) is 24.0. The lowest BCUT2D eigenvalue weighted by molar-refractivity contribution is -0.0615. The summed E-state index contributed by atoms with van der Waals surface area (Å²) in [5.74, 6) is -0.0797. The molecule has 1 aromatic heterocycles. The third-order valence-electron chi connectivity index (χ3n) is 2.70. The van der Waals surface area contributed by atoms with E-state index in [1.165, 1.54) is 11.5 Å². The zero-order valence-electron chi connectivity index (χ0n) is 9.53. The fourth-order valence-electron chi connectivity index (χ4n) is 1.94. The van der Waals surface area contributed by atoms with E-state index in [2.05, 4.69) is 9.69 Å². The van der Waals surface area contributed by atoms with Crippen LogP contribution >= 0.6 is 11.5 Å². The molecule has 0 aromatic carbocycles. The van der Waals surface area contributed by atoms with Gasteiger partial charge in [-0.25, -0.2) is 0 Å². The predicted octanol–water partition coefficient (Wildman–Crippen LogP) is 1.83. The largest absolute Gasteiger partial charge is 0.375 e. The van der Waals surface area contributed by atoms with Crippen LogP contribution in [0.4, 0.5) is 0 Å². The summed E-state index contributed by atoms with van der Waals surface area (Å²) in [5.41, 5.74) is 0.368. The van der Waals surface area contributed by atoms with Crippen molar-refractivity contribution >= 4 is 17.4 Å². The molecule has 5 heteroatoms. The van der Waals surface area contributed by atoms with E-state index in [0.717, 1.165) is 12.8 Å². The van der Waals surface area contributed by atoms with Crippen molar-refractivity contribution in [3.63, 3.8) is 0 Å². The van der Waals surface area contributed by atoms with Crippen molar-refractivity contribution < 1.29 is 9.53 Å². The number of aromatic nitrogens is 1. The summed E-state index contributed by atoms with van der Waals surface area (Å²) in [6.45, 7) is 4.80. The molecular weight excluding hydrogens is 224 g/mol. The van der Waals surface area contributed by atoms with Gasteiger partial charge >= 0.3 is 0 Å². The summed E-state index contributed by atoms with van der Waals surface area (Å²) in [4.78, 5) is 11.8. The SMILES string of the molecule is CC1(C)CC(NC(=O)c2ccsn2)CCO1. The summed E-state index contributed by atoms with van der Waals surface area (Å²) >= 11 is 1.29. The Labute approximate surface area is 99.2 Å². The first-order valence-electron chi connectivity index (χ1n) is 5.42. The van der Waals surface area contributed by atoms with Crippen LogP contribution in [0.1, 0.15) is 37.2 Å². The summed E-state index contributed by atoms with van der Waals surface area (Å²) in [7, 11) is 0. The van der Waals surface area contributed by atoms with Crippen LogP contribution in [-0.4, -0.2) is 28.5 Å². The van der Waals surface area contributed by atoms with Gasteiger partial charge in [0.15, 0.2) is 0 Å². The maximum absolute atomic E-state index is 11.8. The van der Waals surface area contributed by atoms with Crippen molar-refractivity contribution in [3.05, 3.63) is 17.1 Å². The van der Waals surface area contributed by atoms with Crippen LogP contribution in [0.2, 0.25) is 0 Å². The Morgan fingerprint density at radius 3 is 3.12 bits per heavy atom. The molecule has 1 saturated heterocycles. The number of nitrogens with zero attached hydrogens (tertiary/aromatic N) is 1. The predicted molar refractivity (Wildman–Crippen MR) is 62.6 cm³/mol. The van der Waals surface area contributed by atoms with Crippen molar-refractivity contribution in [3.8, 4) is 0 Å². The number of amides is 1. The maximum Gasteiger partial charge on any atom is 0.271 e. The molecule has 4 nitrogen and oxygen atoms in total. The van der Waals surface area contributed by atoms with E-state index < -0.39 is 0 Å². The van der Waals surface area contributed by atoms with Crippen LogP contribution in [0.3, 0.4) is 0 Å². The van der Waals surface area contributed by atoms with Crippen LogP contribution in [0.15, 0.2) is 11.4 Å². The molecule has 16 heavy (non-hydrogen) atoms. The van der Waals surface area contributed by atoms with Crippen molar-refractivity contribution in [1.82, 2.24) is 9.69 Å². The van der Waals surface area contributed by atoms with E-state index in [1.54, 1.807) is 6.07 Å². The average Bonchev–Trinajstić information content (AvgIpc) is 2.68. The number of hydrogen-bond donors (Lipinski definition) is 1. The van der Waals surface area contributed by atoms with Crippen LogP contribution in [-0.2, 0) is 4.74 Å². The third-order valence-corrected chi connectivity index (χ3v) is 3.26. The third kappa shape index (κ3) is 2.80. The van der Waals surface area contributed by atoms with Crippen LogP contribution < -0.4 is 5.32 Å². The number of hydrogen-bond acceptors (Lipinski definition) is 4. The fraction of sp³-hybridized carbons (Fsp3) is 0.636. The first kappa shape index (κ1) is 11.5. The van der Waals surface area contributed by atoms with Crippen LogP contribution in [0.5, 0.6) is 0 Å². The fourth-order valence-corrected chi connectivity index (χ4v) is 2.45. The average molecular weight is 240 g/mol. The summed E-state index contributed by atoms with van der Waals surface area (Å²) in [5, 5.41) is 4.81. The molecule has 0 bridgehead atoms. The van der Waals surface area contributed by atoms with Gasteiger partial charge in [0.25, 0.3) is 5.91 Å². The van der Waals surface area contributed by atoms with Crippen molar-refractivity contribution in [2.75, 3.05) is 6.61 Å². The van der Waals surface area contributed by atoms with Gasteiger partial charge in [-0.05, 0) is 44.3 Å². The maximum atomic E-state index is 11.8. The number of ether oxygens (including phenoxy) is 1. The molecule has 88 valence electrons. The molecule has 1 aromatic rings. The molecule has 1 unspecified atom stereocenters. The molecule has 0 saturated carbocycles. The highest BCUT2D eigenvalue weighted by Gasteiger charge is 2.29. The van der Waals surface area contributed by atoms with E-state index in [9.17, 15) is 4.79 Å². The van der Waals surface area contributed by atoms with Gasteiger partial charge in [0.2, 0.25) is 0 Å². The molecular formula is C11H16N2O2S. The highest BCUT2D eigenvalue weighted by atomic mass is 32.1. The molecule has 1 N–H and O–H groups in total. The Bertz CT molecular complexity index is 362. The lowest BCUT2D eigenvalue weighted by atomic mass is 9.94. The number of carbonyl (C=O) groups excluding carboxylic acids is 1. The van der Waals surface area contributed by atoms with Crippen molar-refractivity contribution in [2.45, 2.75) is 38.3 Å². The molecule has 0 aliphatic carbocycles. The van der Waals surface area contributed by atoms with E-state index >= 15 is 0 Å². The van der Waals surface area contributed by atoms with Gasteiger partial charge < -0.3 is 10.1 Å². The molecule has 1 aliphatic rings. The zero-order valence-corrected chi connectivity index (χ0v) is 10.3. The van der Waals surface area contributed by atoms with Gasteiger partial charge in [0.05, 0.1) is 5.60 Å². The second-order valence-electron chi connectivity index (χ2n) is 4.66. The smallest absolute Gasteiger partial charge is 0.271 e. The lowest BCUT2D eigenvalue weighted by Crippen LogP contribution is -2.45. The van der Waals surface area contributed by atoms with Crippen LogP contribution in [0.25, 0.3) is 0 Å². The summed E-state index contributed by atoms with van der Waals surface area (Å²) in [6, 6.07) is 1.93. The van der Waals surface area contributed by atoms with Crippen molar-refractivity contribution in [1.29, 1.82) is 0 Å². The minimum Gasteiger partial charge on any atom is -0.375 e. The van der Waals surface area contributed by atoms with Gasteiger partial charge in [-0.1, -0.05) is 0 Å². The van der Waals surface area contributed by atoms with Crippen molar-refractivity contribution in [2.24, 2.45) is 0 Å². The topological polar surface area (TPSA) is 51.2 Å². The Kier molecular flexibility index (Phi) is 3.25. The van der Waals surface area contributed by atoms with E-state index in [4.69, 9.17) is 4.74 Å². The Hall–Kier alpha value is -0.940. The van der Waals surface area contributed by atoms with Gasteiger partial charge in [0.1, 0.15) is 5.69 Å². The van der Waals surface area contributed by atoms with Gasteiger partial charge in [-0.3, -0.25) is 4.79 Å². The van der Waals surface area contributed by atoms with E-state index in [-0.39, 0.29) is 17.6 Å². The number of carbonyl (C=O) groups is 1. The zero-order chi connectivity index (χ0) is 11.6. The molecule has 1 aliphatic heterocycles. The summed E-state index contributed by atoms with van der Waals surface area (Å²) in [6.07, 6.45) is 1.72. The molecule has 1 atom stereocenters. The molecule has 2 heterocycles. The second-order valence-corrected chi connectivity index (χ2v) is 5.32. The Morgan fingerprint density at radius 1 is 1.69 bits per heavy atom. The minimum absolute atomic E-state index is 0.0797.